The normalized spacial score (nSPS) is 10.6. The van der Waals surface area contributed by atoms with Crippen LogP contribution in [0.1, 0.15) is 31.8 Å². The van der Waals surface area contributed by atoms with Crippen molar-refractivity contribution in [1.82, 2.24) is 5.43 Å². The van der Waals surface area contributed by atoms with Crippen LogP contribution in [-0.2, 0) is 0 Å². The fraction of sp³-hybridized carbons (Fsp3) is 0.0455. The molecule has 0 radical (unpaired) electrons. The van der Waals surface area contributed by atoms with Gasteiger partial charge in [-0.3, -0.25) is 4.79 Å². The van der Waals surface area contributed by atoms with E-state index in [1.807, 2.05) is 25.1 Å². The molecule has 0 fully saturated rings. The third-order valence-corrected chi connectivity index (χ3v) is 3.79. The lowest BCUT2D eigenvalue weighted by molar-refractivity contribution is 0.0734. The van der Waals surface area contributed by atoms with Gasteiger partial charge in [0.25, 0.3) is 5.91 Å². The van der Waals surface area contributed by atoms with E-state index in [2.05, 4.69) is 10.5 Å². The van der Waals surface area contributed by atoms with E-state index in [1.165, 1.54) is 6.21 Å². The summed E-state index contributed by atoms with van der Waals surface area (Å²) in [6, 6.07) is 22.8. The molecule has 0 unspecified atom stereocenters. The SMILES string of the molecule is Cc1ccc(C(=O)N/N=C/c2ccc(OC(=O)c3ccccc3)cc2)cc1. The van der Waals surface area contributed by atoms with Crippen molar-refractivity contribution in [2.45, 2.75) is 6.92 Å². The standard InChI is InChI=1S/C22H18N2O3/c1-16-7-11-18(12-8-16)21(25)24-23-15-17-9-13-20(14-10-17)27-22(26)19-5-3-2-4-6-19/h2-15H,1H3,(H,24,25)/b23-15+. The van der Waals surface area contributed by atoms with Crippen LogP contribution < -0.4 is 10.2 Å². The van der Waals surface area contributed by atoms with Gasteiger partial charge in [-0.25, -0.2) is 10.2 Å². The molecule has 0 atom stereocenters. The van der Waals surface area contributed by atoms with E-state index in [0.717, 1.165) is 11.1 Å². The summed E-state index contributed by atoms with van der Waals surface area (Å²) in [6.07, 6.45) is 1.52. The summed E-state index contributed by atoms with van der Waals surface area (Å²) >= 11 is 0. The maximum atomic E-state index is 12.0. The van der Waals surface area contributed by atoms with Crippen LogP contribution in [0.5, 0.6) is 5.75 Å². The number of hydrazone groups is 1. The van der Waals surface area contributed by atoms with E-state index in [4.69, 9.17) is 4.74 Å². The third kappa shape index (κ3) is 5.12. The molecule has 27 heavy (non-hydrogen) atoms. The molecular formula is C22H18N2O3. The molecule has 1 N–H and O–H groups in total. The molecule has 3 rings (SSSR count). The number of nitrogens with one attached hydrogen (secondary N) is 1. The van der Waals surface area contributed by atoms with Crippen LogP contribution in [-0.4, -0.2) is 18.1 Å². The number of carbonyl (C=O) groups is 2. The molecule has 0 saturated carbocycles. The zero-order valence-electron chi connectivity index (χ0n) is 14.8. The number of hydrogen-bond donors (Lipinski definition) is 1. The number of esters is 1. The van der Waals surface area contributed by atoms with Crippen molar-refractivity contribution in [3.8, 4) is 5.75 Å². The summed E-state index contributed by atoms with van der Waals surface area (Å²) in [4.78, 5) is 24.0. The van der Waals surface area contributed by atoms with E-state index in [-0.39, 0.29) is 5.91 Å². The van der Waals surface area contributed by atoms with Crippen LogP contribution in [0.3, 0.4) is 0 Å². The number of rotatable bonds is 5. The summed E-state index contributed by atoms with van der Waals surface area (Å²) in [5.41, 5.74) is 5.36. The molecule has 0 aliphatic heterocycles. The Morgan fingerprint density at radius 2 is 1.52 bits per heavy atom. The smallest absolute Gasteiger partial charge is 0.343 e. The van der Waals surface area contributed by atoms with Crippen molar-refractivity contribution in [1.29, 1.82) is 0 Å². The van der Waals surface area contributed by atoms with Gasteiger partial charge in [0.2, 0.25) is 0 Å². The van der Waals surface area contributed by atoms with Crippen molar-refractivity contribution in [3.63, 3.8) is 0 Å². The maximum absolute atomic E-state index is 12.0. The molecule has 5 heteroatoms. The Kier molecular flexibility index (Phi) is 5.74. The second kappa shape index (κ2) is 8.58. The summed E-state index contributed by atoms with van der Waals surface area (Å²) in [7, 11) is 0. The van der Waals surface area contributed by atoms with Gasteiger partial charge in [-0.2, -0.15) is 5.10 Å². The molecule has 0 aliphatic carbocycles. The number of aryl methyl sites for hydroxylation is 1. The number of benzene rings is 3. The minimum absolute atomic E-state index is 0.278. The van der Waals surface area contributed by atoms with Crippen LogP contribution in [0.4, 0.5) is 0 Å². The van der Waals surface area contributed by atoms with Gasteiger partial charge in [0.1, 0.15) is 5.75 Å². The predicted molar refractivity (Wildman–Crippen MR) is 104 cm³/mol. The van der Waals surface area contributed by atoms with Crippen molar-refractivity contribution < 1.29 is 14.3 Å². The zero-order chi connectivity index (χ0) is 19.1. The minimum Gasteiger partial charge on any atom is -0.423 e. The van der Waals surface area contributed by atoms with Crippen LogP contribution in [0, 0.1) is 6.92 Å². The number of hydrogen-bond acceptors (Lipinski definition) is 4. The number of carbonyl (C=O) groups excluding carboxylic acids is 2. The first-order chi connectivity index (χ1) is 13.1. The molecule has 0 aliphatic rings. The van der Waals surface area contributed by atoms with Crippen molar-refractivity contribution in [3.05, 3.63) is 101 Å². The fourth-order valence-electron chi connectivity index (χ4n) is 2.30. The Morgan fingerprint density at radius 1 is 0.852 bits per heavy atom. The highest BCUT2D eigenvalue weighted by atomic mass is 16.5. The van der Waals surface area contributed by atoms with Crippen molar-refractivity contribution in [2.24, 2.45) is 5.10 Å². The Balaban J connectivity index is 1.55. The Bertz CT molecular complexity index is 947. The number of ether oxygens (including phenoxy) is 1. The van der Waals surface area contributed by atoms with Gasteiger partial charge >= 0.3 is 5.97 Å². The third-order valence-electron chi connectivity index (χ3n) is 3.79. The average Bonchev–Trinajstić information content (AvgIpc) is 2.70. The molecule has 0 spiro atoms. The summed E-state index contributed by atoms with van der Waals surface area (Å²) < 4.78 is 5.31. The van der Waals surface area contributed by atoms with Crippen molar-refractivity contribution >= 4 is 18.1 Å². The van der Waals surface area contributed by atoms with Crippen LogP contribution in [0.2, 0.25) is 0 Å². The molecule has 3 aromatic carbocycles. The van der Waals surface area contributed by atoms with E-state index in [1.54, 1.807) is 60.7 Å². The molecule has 0 saturated heterocycles. The molecule has 0 aromatic heterocycles. The van der Waals surface area contributed by atoms with Gasteiger partial charge < -0.3 is 4.74 Å². The second-order valence-corrected chi connectivity index (χ2v) is 5.89. The Morgan fingerprint density at radius 3 is 2.19 bits per heavy atom. The van der Waals surface area contributed by atoms with Crippen molar-refractivity contribution in [2.75, 3.05) is 0 Å². The zero-order valence-corrected chi connectivity index (χ0v) is 14.8. The maximum Gasteiger partial charge on any atom is 0.343 e. The highest BCUT2D eigenvalue weighted by Gasteiger charge is 2.07. The predicted octanol–water partition coefficient (Wildman–Crippen LogP) is 3.98. The van der Waals surface area contributed by atoms with Crippen LogP contribution in [0.25, 0.3) is 0 Å². The molecular weight excluding hydrogens is 340 g/mol. The van der Waals surface area contributed by atoms with Gasteiger partial charge in [0.15, 0.2) is 0 Å². The molecule has 5 nitrogen and oxygen atoms in total. The van der Waals surface area contributed by atoms with Crippen LogP contribution >= 0.6 is 0 Å². The molecule has 0 bridgehead atoms. The summed E-state index contributed by atoms with van der Waals surface area (Å²) in [5, 5.41) is 3.95. The second-order valence-electron chi connectivity index (χ2n) is 5.89. The highest BCUT2D eigenvalue weighted by Crippen LogP contribution is 2.13. The Labute approximate surface area is 157 Å². The molecule has 134 valence electrons. The van der Waals surface area contributed by atoms with Gasteiger partial charge in [0, 0.05) is 5.56 Å². The Hall–Kier alpha value is -3.73. The lowest BCUT2D eigenvalue weighted by atomic mass is 10.1. The average molecular weight is 358 g/mol. The van der Waals surface area contributed by atoms with E-state index < -0.39 is 5.97 Å². The monoisotopic (exact) mass is 358 g/mol. The van der Waals surface area contributed by atoms with Gasteiger partial charge in [0.05, 0.1) is 11.8 Å². The lowest BCUT2D eigenvalue weighted by Crippen LogP contribution is -2.17. The quantitative estimate of drug-likeness (QED) is 0.325. The first-order valence-electron chi connectivity index (χ1n) is 8.39. The number of amides is 1. The summed E-state index contributed by atoms with van der Waals surface area (Å²) in [6.45, 7) is 1.96. The molecule has 0 heterocycles. The van der Waals surface area contributed by atoms with Gasteiger partial charge in [-0.1, -0.05) is 35.9 Å². The molecule has 1 amide bonds. The molecule has 3 aromatic rings. The first-order valence-corrected chi connectivity index (χ1v) is 8.39. The van der Waals surface area contributed by atoms with Crippen LogP contribution in [0.15, 0.2) is 84.0 Å². The highest BCUT2D eigenvalue weighted by molar-refractivity contribution is 5.95. The largest absolute Gasteiger partial charge is 0.423 e. The van der Waals surface area contributed by atoms with E-state index >= 15 is 0 Å². The van der Waals surface area contributed by atoms with Gasteiger partial charge in [-0.15, -0.1) is 0 Å². The summed E-state index contributed by atoms with van der Waals surface area (Å²) in [5.74, 6) is -0.258. The topological polar surface area (TPSA) is 67.8 Å². The van der Waals surface area contributed by atoms with E-state index in [0.29, 0.717) is 16.9 Å². The first kappa shape index (κ1) is 18.1. The minimum atomic E-state index is -0.414. The number of nitrogens with zero attached hydrogens (tertiary/aromatic N) is 1. The lowest BCUT2D eigenvalue weighted by Gasteiger charge is -2.04. The fourth-order valence-corrected chi connectivity index (χ4v) is 2.30. The van der Waals surface area contributed by atoms with Gasteiger partial charge in [-0.05, 0) is 61.0 Å². The van der Waals surface area contributed by atoms with E-state index in [9.17, 15) is 9.59 Å².